The first-order valence-corrected chi connectivity index (χ1v) is 5.53. The smallest absolute Gasteiger partial charge is 0.236 e. The molecule has 0 atom stereocenters. The Balaban J connectivity index is 2.38. The van der Waals surface area contributed by atoms with Crippen LogP contribution in [0.4, 0.5) is 5.69 Å². The van der Waals surface area contributed by atoms with E-state index < -0.39 is 0 Å². The van der Waals surface area contributed by atoms with E-state index in [1.807, 2.05) is 12.1 Å². The fourth-order valence-electron chi connectivity index (χ4n) is 1.45. The number of nitrogens with one attached hydrogen (secondary N) is 1. The Bertz CT molecular complexity index is 322. The number of unbranched alkanes of at least 4 members (excludes halogenated alkanes) is 1. The summed E-state index contributed by atoms with van der Waals surface area (Å²) in [6, 6.07) is 8.03. The summed E-state index contributed by atoms with van der Waals surface area (Å²) in [4.78, 5) is 10.6. The maximum Gasteiger partial charge on any atom is 0.236 e. The zero-order valence-corrected chi connectivity index (χ0v) is 9.41. The molecule has 0 fully saturated rings. The van der Waals surface area contributed by atoms with Crippen LogP contribution in [0, 0.1) is 0 Å². The van der Waals surface area contributed by atoms with E-state index in [-0.39, 0.29) is 12.5 Å². The molecule has 1 rings (SSSR count). The summed E-state index contributed by atoms with van der Waals surface area (Å²) in [5, 5.41) is 2.94. The number of carbonyl (C=O) groups excluding carboxylic acids is 1. The van der Waals surface area contributed by atoms with Crippen LogP contribution in [0.3, 0.4) is 0 Å². The predicted molar refractivity (Wildman–Crippen MR) is 66.1 cm³/mol. The van der Waals surface area contributed by atoms with Crippen molar-refractivity contribution in [3.05, 3.63) is 29.8 Å². The van der Waals surface area contributed by atoms with Gasteiger partial charge >= 0.3 is 0 Å². The lowest BCUT2D eigenvalue weighted by molar-refractivity contribution is -0.116. The highest BCUT2D eigenvalue weighted by Gasteiger charge is 1.96. The third-order valence-electron chi connectivity index (χ3n) is 2.34. The SMILES string of the molecule is NCCCCc1ccc(NCC(N)=O)cc1. The largest absolute Gasteiger partial charge is 0.376 e. The molecule has 4 heteroatoms. The molecule has 88 valence electrons. The first kappa shape index (κ1) is 12.5. The quantitative estimate of drug-likeness (QED) is 0.597. The molecule has 0 radical (unpaired) electrons. The maximum atomic E-state index is 10.6. The first-order chi connectivity index (χ1) is 7.72. The summed E-state index contributed by atoms with van der Waals surface area (Å²) < 4.78 is 0. The number of nitrogens with two attached hydrogens (primary N) is 2. The van der Waals surface area contributed by atoms with Crippen molar-refractivity contribution in [2.75, 3.05) is 18.4 Å². The Morgan fingerprint density at radius 1 is 1.19 bits per heavy atom. The molecule has 0 spiro atoms. The van der Waals surface area contributed by atoms with Gasteiger partial charge in [0.15, 0.2) is 0 Å². The molecule has 1 aromatic carbocycles. The third-order valence-corrected chi connectivity index (χ3v) is 2.34. The second kappa shape index (κ2) is 6.85. The maximum absolute atomic E-state index is 10.6. The van der Waals surface area contributed by atoms with Gasteiger partial charge < -0.3 is 16.8 Å². The predicted octanol–water partition coefficient (Wildman–Crippen LogP) is 0.865. The van der Waals surface area contributed by atoms with Gasteiger partial charge in [0.2, 0.25) is 5.91 Å². The van der Waals surface area contributed by atoms with Crippen molar-refractivity contribution in [1.29, 1.82) is 0 Å². The van der Waals surface area contributed by atoms with Crippen molar-refractivity contribution < 1.29 is 4.79 Å². The Hall–Kier alpha value is -1.55. The van der Waals surface area contributed by atoms with E-state index in [0.717, 1.165) is 31.5 Å². The molecular formula is C12H19N3O. The van der Waals surface area contributed by atoms with E-state index in [4.69, 9.17) is 11.5 Å². The zero-order chi connectivity index (χ0) is 11.8. The van der Waals surface area contributed by atoms with E-state index in [1.165, 1.54) is 5.56 Å². The standard InChI is InChI=1S/C12H19N3O/c13-8-2-1-3-10-4-6-11(7-5-10)15-9-12(14)16/h4-7,15H,1-3,8-9,13H2,(H2,14,16). The van der Waals surface area contributed by atoms with Gasteiger partial charge in [-0.1, -0.05) is 12.1 Å². The molecular weight excluding hydrogens is 202 g/mol. The fraction of sp³-hybridized carbons (Fsp3) is 0.417. The molecule has 0 aliphatic carbocycles. The highest BCUT2D eigenvalue weighted by atomic mass is 16.1. The summed E-state index contributed by atoms with van der Waals surface area (Å²) in [5.74, 6) is -0.355. The summed E-state index contributed by atoms with van der Waals surface area (Å²) in [5.41, 5.74) is 12.7. The van der Waals surface area contributed by atoms with Gasteiger partial charge in [0.25, 0.3) is 0 Å². The van der Waals surface area contributed by atoms with Crippen molar-refractivity contribution >= 4 is 11.6 Å². The average Bonchev–Trinajstić information content (AvgIpc) is 2.28. The van der Waals surface area contributed by atoms with E-state index in [2.05, 4.69) is 17.4 Å². The van der Waals surface area contributed by atoms with Crippen LogP contribution in [-0.4, -0.2) is 19.0 Å². The Kier molecular flexibility index (Phi) is 5.36. The molecule has 0 saturated heterocycles. The van der Waals surface area contributed by atoms with Crippen LogP contribution < -0.4 is 16.8 Å². The zero-order valence-electron chi connectivity index (χ0n) is 9.41. The van der Waals surface area contributed by atoms with Crippen molar-refractivity contribution in [3.63, 3.8) is 0 Å². The summed E-state index contributed by atoms with van der Waals surface area (Å²) in [7, 11) is 0. The number of primary amides is 1. The van der Waals surface area contributed by atoms with Crippen LogP contribution in [0.5, 0.6) is 0 Å². The van der Waals surface area contributed by atoms with Crippen LogP contribution >= 0.6 is 0 Å². The van der Waals surface area contributed by atoms with Gasteiger partial charge in [-0.2, -0.15) is 0 Å². The van der Waals surface area contributed by atoms with Gasteiger partial charge in [-0.15, -0.1) is 0 Å². The second-order valence-electron chi connectivity index (χ2n) is 3.76. The molecule has 16 heavy (non-hydrogen) atoms. The van der Waals surface area contributed by atoms with Crippen LogP contribution in [0.2, 0.25) is 0 Å². The van der Waals surface area contributed by atoms with Crippen molar-refractivity contribution in [2.45, 2.75) is 19.3 Å². The molecule has 0 aliphatic heterocycles. The number of aryl methyl sites for hydroxylation is 1. The molecule has 0 bridgehead atoms. The van der Waals surface area contributed by atoms with Crippen LogP contribution in [0.25, 0.3) is 0 Å². The minimum atomic E-state index is -0.355. The highest BCUT2D eigenvalue weighted by Crippen LogP contribution is 2.11. The molecule has 0 aromatic heterocycles. The average molecular weight is 221 g/mol. The summed E-state index contributed by atoms with van der Waals surface area (Å²) in [6.07, 6.45) is 3.22. The number of anilines is 1. The summed E-state index contributed by atoms with van der Waals surface area (Å²) >= 11 is 0. The van der Waals surface area contributed by atoms with Crippen LogP contribution in [0.15, 0.2) is 24.3 Å². The van der Waals surface area contributed by atoms with Gasteiger partial charge in [-0.05, 0) is 43.5 Å². The lowest BCUT2D eigenvalue weighted by Gasteiger charge is -2.05. The van der Waals surface area contributed by atoms with Gasteiger partial charge in [0, 0.05) is 5.69 Å². The minimum absolute atomic E-state index is 0.173. The number of benzene rings is 1. The van der Waals surface area contributed by atoms with Gasteiger partial charge in [0.05, 0.1) is 6.54 Å². The number of rotatable bonds is 7. The van der Waals surface area contributed by atoms with E-state index in [0.29, 0.717) is 0 Å². The summed E-state index contributed by atoms with van der Waals surface area (Å²) in [6.45, 7) is 0.921. The number of carbonyl (C=O) groups is 1. The molecule has 0 saturated carbocycles. The van der Waals surface area contributed by atoms with E-state index in [9.17, 15) is 4.79 Å². The van der Waals surface area contributed by atoms with Crippen molar-refractivity contribution in [2.24, 2.45) is 11.5 Å². The molecule has 4 nitrogen and oxygen atoms in total. The molecule has 0 aliphatic rings. The van der Waals surface area contributed by atoms with Gasteiger partial charge in [0.1, 0.15) is 0 Å². The first-order valence-electron chi connectivity index (χ1n) is 5.53. The number of hydrogen-bond donors (Lipinski definition) is 3. The Morgan fingerprint density at radius 3 is 2.44 bits per heavy atom. The molecule has 1 amide bonds. The number of amides is 1. The highest BCUT2D eigenvalue weighted by molar-refractivity contribution is 5.78. The second-order valence-corrected chi connectivity index (χ2v) is 3.76. The minimum Gasteiger partial charge on any atom is -0.376 e. The van der Waals surface area contributed by atoms with Crippen LogP contribution in [-0.2, 0) is 11.2 Å². The Morgan fingerprint density at radius 2 is 1.88 bits per heavy atom. The third kappa shape index (κ3) is 4.79. The molecule has 5 N–H and O–H groups in total. The molecule has 0 heterocycles. The van der Waals surface area contributed by atoms with Crippen molar-refractivity contribution in [3.8, 4) is 0 Å². The lowest BCUT2D eigenvalue weighted by Crippen LogP contribution is -2.21. The number of hydrogen-bond acceptors (Lipinski definition) is 3. The van der Waals surface area contributed by atoms with E-state index >= 15 is 0 Å². The Labute approximate surface area is 96.0 Å². The lowest BCUT2D eigenvalue weighted by atomic mass is 10.1. The fourth-order valence-corrected chi connectivity index (χ4v) is 1.45. The van der Waals surface area contributed by atoms with E-state index in [1.54, 1.807) is 0 Å². The van der Waals surface area contributed by atoms with Gasteiger partial charge in [-0.3, -0.25) is 4.79 Å². The molecule has 0 unspecified atom stereocenters. The topological polar surface area (TPSA) is 81.1 Å². The normalized spacial score (nSPS) is 10.1. The van der Waals surface area contributed by atoms with Gasteiger partial charge in [-0.25, -0.2) is 0 Å². The van der Waals surface area contributed by atoms with Crippen molar-refractivity contribution in [1.82, 2.24) is 0 Å². The monoisotopic (exact) mass is 221 g/mol. The molecule has 1 aromatic rings. The van der Waals surface area contributed by atoms with Crippen LogP contribution in [0.1, 0.15) is 18.4 Å².